The number of ether oxygens (including phenoxy) is 2. The number of nitrogens with zero attached hydrogens (tertiary/aromatic N) is 4. The first kappa shape index (κ1) is 16.5. The standard InChI is InChI=1S/C19H18N4O2/c1-4-25-19-12-14(6-8-18(19)24-3)15(9-10-20)13-5-7-17-16(11-13)21-22-23(17)2/h5-9,11-12H,4H2,1-3H3/b15-9+. The van der Waals surface area contributed by atoms with Crippen molar-refractivity contribution in [3.05, 3.63) is 53.6 Å². The van der Waals surface area contributed by atoms with Crippen molar-refractivity contribution in [3.8, 4) is 17.6 Å². The Hall–Kier alpha value is -3.33. The first-order chi connectivity index (χ1) is 12.2. The summed E-state index contributed by atoms with van der Waals surface area (Å²) in [7, 11) is 3.45. The molecule has 6 heteroatoms. The van der Waals surface area contributed by atoms with E-state index in [2.05, 4.69) is 16.4 Å². The first-order valence-electron chi connectivity index (χ1n) is 7.88. The number of benzene rings is 2. The van der Waals surface area contributed by atoms with E-state index in [1.54, 1.807) is 11.8 Å². The van der Waals surface area contributed by atoms with Gasteiger partial charge in [0, 0.05) is 13.1 Å². The van der Waals surface area contributed by atoms with Crippen molar-refractivity contribution in [2.45, 2.75) is 6.92 Å². The predicted octanol–water partition coefficient (Wildman–Crippen LogP) is 3.33. The molecule has 0 radical (unpaired) electrons. The number of methoxy groups -OCH3 is 1. The highest BCUT2D eigenvalue weighted by Gasteiger charge is 2.12. The van der Waals surface area contributed by atoms with Crippen LogP contribution < -0.4 is 9.47 Å². The maximum atomic E-state index is 9.24. The SMILES string of the molecule is CCOc1cc(/C(=C/C#N)c2ccc3c(c2)nnn3C)ccc1OC. The molecule has 0 atom stereocenters. The number of aromatic nitrogens is 3. The predicted molar refractivity (Wildman–Crippen MR) is 95.4 cm³/mol. The Labute approximate surface area is 145 Å². The molecule has 0 spiro atoms. The van der Waals surface area contributed by atoms with E-state index < -0.39 is 0 Å². The summed E-state index contributed by atoms with van der Waals surface area (Å²) >= 11 is 0. The van der Waals surface area contributed by atoms with Gasteiger partial charge in [-0.25, -0.2) is 4.68 Å². The molecular weight excluding hydrogens is 316 g/mol. The molecule has 0 fully saturated rings. The van der Waals surface area contributed by atoms with Crippen molar-refractivity contribution in [1.29, 1.82) is 5.26 Å². The fraction of sp³-hybridized carbons (Fsp3) is 0.211. The molecule has 0 N–H and O–H groups in total. The molecule has 0 amide bonds. The van der Waals surface area contributed by atoms with Gasteiger partial charge in [0.05, 0.1) is 25.3 Å². The van der Waals surface area contributed by atoms with E-state index in [1.807, 2.05) is 50.4 Å². The molecule has 3 aromatic rings. The lowest BCUT2D eigenvalue weighted by Gasteiger charge is -2.13. The van der Waals surface area contributed by atoms with Gasteiger partial charge in [0.2, 0.25) is 0 Å². The Balaban J connectivity index is 2.11. The molecule has 3 rings (SSSR count). The third-order valence-corrected chi connectivity index (χ3v) is 3.91. The first-order valence-corrected chi connectivity index (χ1v) is 7.88. The van der Waals surface area contributed by atoms with Crippen LogP contribution in [0, 0.1) is 11.3 Å². The molecule has 2 aromatic carbocycles. The second-order valence-corrected chi connectivity index (χ2v) is 5.40. The number of hydrogen-bond acceptors (Lipinski definition) is 5. The zero-order chi connectivity index (χ0) is 17.8. The molecule has 1 aromatic heterocycles. The molecule has 0 unspecified atom stereocenters. The molecule has 0 bridgehead atoms. The van der Waals surface area contributed by atoms with Gasteiger partial charge in [-0.15, -0.1) is 5.10 Å². The van der Waals surface area contributed by atoms with Crippen molar-refractivity contribution >= 4 is 16.6 Å². The topological polar surface area (TPSA) is 73.0 Å². The van der Waals surface area contributed by atoms with E-state index in [4.69, 9.17) is 9.47 Å². The Morgan fingerprint density at radius 2 is 1.96 bits per heavy atom. The fourth-order valence-corrected chi connectivity index (χ4v) is 2.72. The smallest absolute Gasteiger partial charge is 0.161 e. The second kappa shape index (κ2) is 7.05. The molecule has 0 aliphatic rings. The number of fused-ring (bicyclic) bond motifs is 1. The van der Waals surface area contributed by atoms with Crippen LogP contribution in [0.1, 0.15) is 18.1 Å². The van der Waals surface area contributed by atoms with Crippen LogP contribution in [0.4, 0.5) is 0 Å². The Morgan fingerprint density at radius 3 is 2.68 bits per heavy atom. The largest absolute Gasteiger partial charge is 0.493 e. The zero-order valence-electron chi connectivity index (χ0n) is 14.4. The number of hydrogen-bond donors (Lipinski definition) is 0. The fourth-order valence-electron chi connectivity index (χ4n) is 2.72. The average molecular weight is 334 g/mol. The van der Waals surface area contributed by atoms with Crippen LogP contribution in [0.5, 0.6) is 11.5 Å². The normalized spacial score (nSPS) is 11.4. The summed E-state index contributed by atoms with van der Waals surface area (Å²) in [4.78, 5) is 0. The van der Waals surface area contributed by atoms with Crippen LogP contribution in [0.3, 0.4) is 0 Å². The summed E-state index contributed by atoms with van der Waals surface area (Å²) in [5.41, 5.74) is 4.27. The highest BCUT2D eigenvalue weighted by atomic mass is 16.5. The molecule has 0 saturated heterocycles. The van der Waals surface area contributed by atoms with E-state index in [1.165, 1.54) is 6.08 Å². The van der Waals surface area contributed by atoms with Gasteiger partial charge >= 0.3 is 0 Å². The van der Waals surface area contributed by atoms with Crippen molar-refractivity contribution in [3.63, 3.8) is 0 Å². The van der Waals surface area contributed by atoms with Crippen LogP contribution in [-0.2, 0) is 7.05 Å². The summed E-state index contributed by atoms with van der Waals surface area (Å²) in [5.74, 6) is 1.30. The van der Waals surface area contributed by atoms with Crippen LogP contribution in [0.25, 0.3) is 16.6 Å². The molecule has 0 aliphatic heterocycles. The van der Waals surface area contributed by atoms with Gasteiger partial charge in [0.25, 0.3) is 0 Å². The minimum atomic E-state index is 0.530. The van der Waals surface area contributed by atoms with Crippen molar-refractivity contribution in [2.24, 2.45) is 7.05 Å². The number of rotatable bonds is 5. The third kappa shape index (κ3) is 3.17. The average Bonchev–Trinajstić information content (AvgIpc) is 3.00. The van der Waals surface area contributed by atoms with Gasteiger partial charge in [-0.05, 0) is 47.9 Å². The van der Waals surface area contributed by atoms with Crippen molar-refractivity contribution < 1.29 is 9.47 Å². The minimum absolute atomic E-state index is 0.530. The van der Waals surface area contributed by atoms with Crippen molar-refractivity contribution in [2.75, 3.05) is 13.7 Å². The van der Waals surface area contributed by atoms with Crippen LogP contribution in [-0.4, -0.2) is 28.7 Å². The second-order valence-electron chi connectivity index (χ2n) is 5.40. The summed E-state index contributed by atoms with van der Waals surface area (Å²) in [6.07, 6.45) is 1.52. The Bertz CT molecular complexity index is 983. The van der Waals surface area contributed by atoms with Gasteiger partial charge in [0.15, 0.2) is 11.5 Å². The van der Waals surface area contributed by atoms with Crippen LogP contribution in [0.15, 0.2) is 42.5 Å². The number of allylic oxidation sites excluding steroid dienone is 1. The van der Waals surface area contributed by atoms with Crippen LogP contribution >= 0.6 is 0 Å². The highest BCUT2D eigenvalue weighted by molar-refractivity contribution is 5.87. The van der Waals surface area contributed by atoms with E-state index in [-0.39, 0.29) is 0 Å². The van der Waals surface area contributed by atoms with E-state index in [0.29, 0.717) is 18.1 Å². The van der Waals surface area contributed by atoms with Gasteiger partial charge in [-0.1, -0.05) is 17.3 Å². The molecule has 25 heavy (non-hydrogen) atoms. The number of aryl methyl sites for hydroxylation is 1. The lowest BCUT2D eigenvalue weighted by atomic mass is 9.97. The molecule has 0 saturated carbocycles. The van der Waals surface area contributed by atoms with Gasteiger partial charge in [-0.3, -0.25) is 0 Å². The maximum Gasteiger partial charge on any atom is 0.161 e. The van der Waals surface area contributed by atoms with E-state index in [0.717, 1.165) is 27.7 Å². The lowest BCUT2D eigenvalue weighted by Crippen LogP contribution is -1.97. The lowest BCUT2D eigenvalue weighted by molar-refractivity contribution is 0.311. The summed E-state index contributed by atoms with van der Waals surface area (Å²) < 4.78 is 12.7. The summed E-state index contributed by atoms with van der Waals surface area (Å²) in [6, 6.07) is 13.6. The number of nitriles is 1. The van der Waals surface area contributed by atoms with E-state index >= 15 is 0 Å². The Kier molecular flexibility index (Phi) is 4.66. The quantitative estimate of drug-likeness (QED) is 0.669. The molecule has 1 heterocycles. The van der Waals surface area contributed by atoms with Gasteiger partial charge in [0.1, 0.15) is 5.52 Å². The van der Waals surface area contributed by atoms with Gasteiger partial charge in [-0.2, -0.15) is 5.26 Å². The highest BCUT2D eigenvalue weighted by Crippen LogP contribution is 2.33. The molecule has 0 aliphatic carbocycles. The molecule has 6 nitrogen and oxygen atoms in total. The molecular formula is C19H18N4O2. The van der Waals surface area contributed by atoms with Crippen LogP contribution in [0.2, 0.25) is 0 Å². The minimum Gasteiger partial charge on any atom is -0.493 e. The Morgan fingerprint density at radius 1 is 1.20 bits per heavy atom. The van der Waals surface area contributed by atoms with Crippen molar-refractivity contribution in [1.82, 2.24) is 15.0 Å². The summed E-state index contributed by atoms with van der Waals surface area (Å²) in [6.45, 7) is 2.45. The van der Waals surface area contributed by atoms with Gasteiger partial charge < -0.3 is 9.47 Å². The monoisotopic (exact) mass is 334 g/mol. The third-order valence-electron chi connectivity index (χ3n) is 3.91. The molecule has 126 valence electrons. The maximum absolute atomic E-state index is 9.24. The van der Waals surface area contributed by atoms with E-state index in [9.17, 15) is 5.26 Å². The zero-order valence-corrected chi connectivity index (χ0v) is 14.4. The summed E-state index contributed by atoms with van der Waals surface area (Å²) in [5, 5.41) is 17.4.